The van der Waals surface area contributed by atoms with Crippen LogP contribution in [0.3, 0.4) is 0 Å². The fourth-order valence-corrected chi connectivity index (χ4v) is 5.46. The fourth-order valence-electron chi connectivity index (χ4n) is 4.20. The lowest BCUT2D eigenvalue weighted by molar-refractivity contribution is -0.130. The molecule has 1 atom stereocenters. The van der Waals surface area contributed by atoms with Crippen LogP contribution in [0.2, 0.25) is 5.28 Å². The number of hydrogen-bond acceptors (Lipinski definition) is 9. The van der Waals surface area contributed by atoms with Crippen LogP contribution in [0.1, 0.15) is 27.9 Å². The van der Waals surface area contributed by atoms with Gasteiger partial charge in [-0.1, -0.05) is 0 Å². The molecule has 0 saturated heterocycles. The Morgan fingerprint density at radius 3 is 2.94 bits per heavy atom. The lowest BCUT2D eigenvalue weighted by Gasteiger charge is -2.25. The Kier molecular flexibility index (Phi) is 4.78. The molecular formula is C22H18ClN7O3S. The van der Waals surface area contributed by atoms with E-state index >= 15 is 0 Å². The van der Waals surface area contributed by atoms with Crippen molar-refractivity contribution in [3.05, 3.63) is 39.7 Å². The van der Waals surface area contributed by atoms with Crippen molar-refractivity contribution in [1.29, 1.82) is 0 Å². The van der Waals surface area contributed by atoms with Crippen molar-refractivity contribution in [1.82, 2.24) is 30.2 Å². The zero-order valence-electron chi connectivity index (χ0n) is 18.2. The Balaban J connectivity index is 1.42. The van der Waals surface area contributed by atoms with Crippen molar-refractivity contribution in [3.63, 3.8) is 0 Å². The standard InChI is InChI=1S/C22H18ClN7O3S/c1-9-6-24-18-16-13(34-19(18)20(32)26-9)4-3-11-17(16)25-7-14(27-11)33-21-10-8-30(2)15(31)5-12(10)28-22(23)29-21/h3-4,7,9,24H,5-6,8H2,1-2H3,(H,26,32). The average molecular weight is 496 g/mol. The van der Waals surface area contributed by atoms with Crippen LogP contribution < -0.4 is 15.4 Å². The number of amides is 2. The molecule has 3 aromatic heterocycles. The van der Waals surface area contributed by atoms with E-state index in [1.807, 2.05) is 19.1 Å². The van der Waals surface area contributed by atoms with E-state index in [4.69, 9.17) is 16.3 Å². The van der Waals surface area contributed by atoms with Crippen molar-refractivity contribution < 1.29 is 14.3 Å². The van der Waals surface area contributed by atoms with E-state index in [0.717, 1.165) is 15.8 Å². The maximum absolute atomic E-state index is 12.6. The minimum absolute atomic E-state index is 0.00102. The summed E-state index contributed by atoms with van der Waals surface area (Å²) in [5.41, 5.74) is 3.31. The van der Waals surface area contributed by atoms with Crippen molar-refractivity contribution in [2.75, 3.05) is 18.9 Å². The molecule has 172 valence electrons. The van der Waals surface area contributed by atoms with Crippen molar-refractivity contribution >= 4 is 61.6 Å². The predicted octanol–water partition coefficient (Wildman–Crippen LogP) is 3.14. The summed E-state index contributed by atoms with van der Waals surface area (Å²) in [5.74, 6) is 0.350. The number of carbonyl (C=O) groups is 2. The summed E-state index contributed by atoms with van der Waals surface area (Å²) in [6.45, 7) is 2.89. The zero-order valence-corrected chi connectivity index (χ0v) is 19.8. The molecule has 0 fully saturated rings. The maximum Gasteiger partial charge on any atom is 0.263 e. The number of fused-ring (bicyclic) bond motifs is 6. The highest BCUT2D eigenvalue weighted by molar-refractivity contribution is 7.21. The van der Waals surface area contributed by atoms with Crippen LogP contribution in [-0.2, 0) is 17.8 Å². The first-order chi connectivity index (χ1) is 16.4. The van der Waals surface area contributed by atoms with Gasteiger partial charge in [0.1, 0.15) is 4.88 Å². The number of thiophene rings is 1. The molecule has 5 heterocycles. The first-order valence-electron chi connectivity index (χ1n) is 10.6. The third-order valence-electron chi connectivity index (χ3n) is 5.88. The lowest BCUT2D eigenvalue weighted by Crippen LogP contribution is -2.34. The van der Waals surface area contributed by atoms with Crippen molar-refractivity contribution in [3.8, 4) is 11.8 Å². The molecule has 1 aromatic carbocycles. The number of aromatic nitrogens is 4. The van der Waals surface area contributed by atoms with Crippen molar-refractivity contribution in [2.45, 2.75) is 25.9 Å². The van der Waals surface area contributed by atoms with Crippen LogP contribution in [0.5, 0.6) is 11.8 Å². The molecule has 34 heavy (non-hydrogen) atoms. The number of nitrogens with zero attached hydrogens (tertiary/aromatic N) is 5. The normalized spacial score (nSPS) is 17.7. The van der Waals surface area contributed by atoms with Crippen LogP contribution in [-0.4, -0.2) is 56.3 Å². The highest BCUT2D eigenvalue weighted by Gasteiger charge is 2.28. The number of anilines is 1. The summed E-state index contributed by atoms with van der Waals surface area (Å²) in [7, 11) is 1.71. The molecule has 10 nitrogen and oxygen atoms in total. The number of benzene rings is 1. The van der Waals surface area contributed by atoms with Gasteiger partial charge in [-0.05, 0) is 30.7 Å². The number of carbonyl (C=O) groups excluding carboxylic acids is 2. The minimum Gasteiger partial charge on any atom is -0.418 e. The van der Waals surface area contributed by atoms with Crippen LogP contribution in [0.15, 0.2) is 18.3 Å². The molecule has 0 aliphatic carbocycles. The van der Waals surface area contributed by atoms with E-state index in [1.165, 1.54) is 17.5 Å². The van der Waals surface area contributed by atoms with Gasteiger partial charge < -0.3 is 20.3 Å². The van der Waals surface area contributed by atoms with Crippen LogP contribution in [0.4, 0.5) is 5.69 Å². The molecule has 4 aromatic rings. The molecule has 1 unspecified atom stereocenters. The largest absolute Gasteiger partial charge is 0.418 e. The Morgan fingerprint density at radius 1 is 1.24 bits per heavy atom. The van der Waals surface area contributed by atoms with E-state index in [2.05, 4.69) is 30.6 Å². The highest BCUT2D eigenvalue weighted by atomic mass is 35.5. The molecule has 2 aliphatic rings. The molecule has 2 amide bonds. The maximum atomic E-state index is 12.6. The second-order valence-corrected chi connectivity index (χ2v) is 9.72. The quantitative estimate of drug-likeness (QED) is 0.407. The third kappa shape index (κ3) is 3.39. The molecule has 6 rings (SSSR count). The molecule has 0 bridgehead atoms. The second kappa shape index (κ2) is 7.74. The number of ether oxygens (including phenoxy) is 1. The van der Waals surface area contributed by atoms with Gasteiger partial charge in [-0.2, -0.15) is 4.98 Å². The third-order valence-corrected chi connectivity index (χ3v) is 7.20. The van der Waals surface area contributed by atoms with Gasteiger partial charge >= 0.3 is 0 Å². The molecular weight excluding hydrogens is 478 g/mol. The van der Waals surface area contributed by atoms with E-state index in [9.17, 15) is 9.59 Å². The van der Waals surface area contributed by atoms with E-state index in [0.29, 0.717) is 40.3 Å². The first-order valence-corrected chi connectivity index (χ1v) is 11.8. The van der Waals surface area contributed by atoms with E-state index in [1.54, 1.807) is 11.9 Å². The van der Waals surface area contributed by atoms with Gasteiger partial charge in [0, 0.05) is 29.7 Å². The summed E-state index contributed by atoms with van der Waals surface area (Å²) in [6.07, 6.45) is 1.65. The number of likely N-dealkylation sites (N-methyl/N-ethyl adjacent to an activating group) is 1. The topological polar surface area (TPSA) is 122 Å². The van der Waals surface area contributed by atoms with Gasteiger partial charge in [0.25, 0.3) is 5.91 Å². The SMILES string of the molecule is CC1CNc2c(sc3ccc4nc(Oc5nc(Cl)nc6c5CN(C)C(=O)C6)cnc4c23)C(=O)N1. The zero-order chi connectivity index (χ0) is 23.6. The van der Waals surface area contributed by atoms with Gasteiger partial charge in [-0.15, -0.1) is 11.3 Å². The number of nitrogens with one attached hydrogen (secondary N) is 2. The van der Waals surface area contributed by atoms with Gasteiger partial charge in [0.2, 0.25) is 23.0 Å². The van der Waals surface area contributed by atoms with E-state index in [-0.39, 0.29) is 41.3 Å². The van der Waals surface area contributed by atoms with E-state index < -0.39 is 0 Å². The lowest BCUT2D eigenvalue weighted by atomic mass is 10.1. The first kappa shape index (κ1) is 21.0. The monoisotopic (exact) mass is 495 g/mol. The van der Waals surface area contributed by atoms with Crippen LogP contribution in [0.25, 0.3) is 21.1 Å². The van der Waals surface area contributed by atoms with Crippen LogP contribution in [0, 0.1) is 0 Å². The molecule has 0 saturated carbocycles. The van der Waals surface area contributed by atoms with Crippen molar-refractivity contribution in [2.24, 2.45) is 0 Å². The smallest absolute Gasteiger partial charge is 0.263 e. The molecule has 2 aliphatic heterocycles. The number of rotatable bonds is 2. The van der Waals surface area contributed by atoms with Gasteiger partial charge in [-0.25, -0.2) is 15.0 Å². The summed E-state index contributed by atoms with van der Waals surface area (Å²) >= 11 is 7.51. The van der Waals surface area contributed by atoms with Gasteiger partial charge in [0.05, 0.1) is 47.1 Å². The number of halogens is 1. The summed E-state index contributed by atoms with van der Waals surface area (Å²) in [5, 5.41) is 7.24. The Labute approximate surface area is 202 Å². The molecule has 0 radical (unpaired) electrons. The Hall–Kier alpha value is -3.57. The fraction of sp³-hybridized carbons (Fsp3) is 0.273. The summed E-state index contributed by atoms with van der Waals surface area (Å²) in [4.78, 5) is 44.6. The van der Waals surface area contributed by atoms with Gasteiger partial charge in [-0.3, -0.25) is 9.59 Å². The van der Waals surface area contributed by atoms with Crippen LogP contribution >= 0.6 is 22.9 Å². The average Bonchev–Trinajstić information content (AvgIpc) is 3.11. The Morgan fingerprint density at radius 2 is 2.09 bits per heavy atom. The molecule has 0 spiro atoms. The molecule has 12 heteroatoms. The summed E-state index contributed by atoms with van der Waals surface area (Å²) < 4.78 is 6.93. The second-order valence-electron chi connectivity index (χ2n) is 8.33. The van der Waals surface area contributed by atoms with Gasteiger partial charge in [0.15, 0.2) is 0 Å². The highest BCUT2D eigenvalue weighted by Crippen LogP contribution is 2.40. The molecule has 2 N–H and O–H groups in total. The predicted molar refractivity (Wildman–Crippen MR) is 128 cm³/mol. The number of hydrogen-bond donors (Lipinski definition) is 2. The Bertz CT molecular complexity index is 1520. The minimum atomic E-state index is -0.0939. The summed E-state index contributed by atoms with van der Waals surface area (Å²) in [6, 6.07) is 3.80.